The van der Waals surface area contributed by atoms with Crippen LogP contribution in [0.4, 0.5) is 5.95 Å². The summed E-state index contributed by atoms with van der Waals surface area (Å²) in [6, 6.07) is 0.261. The second kappa shape index (κ2) is 8.01. The van der Waals surface area contributed by atoms with Gasteiger partial charge in [0.05, 0.1) is 11.3 Å². The van der Waals surface area contributed by atoms with Crippen molar-refractivity contribution >= 4 is 17.8 Å². The molecule has 0 bridgehead atoms. The summed E-state index contributed by atoms with van der Waals surface area (Å²) in [6.45, 7) is 0. The number of hydrogen-bond donors (Lipinski definition) is 2. The summed E-state index contributed by atoms with van der Waals surface area (Å²) in [5, 5.41) is 3.39. The lowest BCUT2D eigenvalue weighted by atomic mass is 9.81. The van der Waals surface area contributed by atoms with E-state index in [0.717, 1.165) is 37.8 Å². The van der Waals surface area contributed by atoms with Crippen LogP contribution in [0.5, 0.6) is 0 Å². The fourth-order valence-electron chi connectivity index (χ4n) is 3.85. The van der Waals surface area contributed by atoms with Crippen LogP contribution in [0.1, 0.15) is 61.0 Å². The van der Waals surface area contributed by atoms with Gasteiger partial charge in [0.1, 0.15) is 0 Å². The Morgan fingerprint density at radius 3 is 2.42 bits per heavy atom. The summed E-state index contributed by atoms with van der Waals surface area (Å²) in [6.07, 6.45) is 9.57. The molecule has 0 aromatic carbocycles. The van der Waals surface area contributed by atoms with Crippen LogP contribution in [0.3, 0.4) is 0 Å². The molecule has 2 amide bonds. The van der Waals surface area contributed by atoms with Crippen LogP contribution in [-0.4, -0.2) is 46.8 Å². The molecular weight excluding hydrogens is 330 g/mol. The zero-order valence-electron chi connectivity index (χ0n) is 15.7. The van der Waals surface area contributed by atoms with Crippen molar-refractivity contribution in [3.8, 4) is 0 Å². The first kappa shape index (κ1) is 18.6. The third-order valence-corrected chi connectivity index (χ3v) is 5.69. The van der Waals surface area contributed by atoms with Gasteiger partial charge >= 0.3 is 0 Å². The van der Waals surface area contributed by atoms with E-state index in [-0.39, 0.29) is 17.9 Å². The predicted molar refractivity (Wildman–Crippen MR) is 99.7 cm³/mol. The number of carbonyl (C=O) groups is 2. The molecule has 2 fully saturated rings. The lowest BCUT2D eigenvalue weighted by molar-refractivity contribution is -0.133. The maximum absolute atomic E-state index is 12.1. The van der Waals surface area contributed by atoms with E-state index < -0.39 is 5.91 Å². The molecule has 26 heavy (non-hydrogen) atoms. The number of nitrogens with two attached hydrogens (primary N) is 1. The molecule has 1 aromatic heterocycles. The van der Waals surface area contributed by atoms with Gasteiger partial charge in [-0.05, 0) is 38.0 Å². The number of anilines is 1. The van der Waals surface area contributed by atoms with Crippen molar-refractivity contribution in [3.05, 3.63) is 17.5 Å². The Hall–Kier alpha value is -2.18. The molecule has 1 heterocycles. The molecule has 0 saturated heterocycles. The Morgan fingerprint density at radius 1 is 1.19 bits per heavy atom. The zero-order valence-corrected chi connectivity index (χ0v) is 15.7. The highest BCUT2D eigenvalue weighted by molar-refractivity contribution is 5.93. The molecule has 1 aromatic rings. The Balaban J connectivity index is 1.62. The van der Waals surface area contributed by atoms with E-state index in [1.807, 2.05) is 14.1 Å². The molecular formula is C19H29N5O2. The van der Waals surface area contributed by atoms with Gasteiger partial charge in [0.2, 0.25) is 11.9 Å². The summed E-state index contributed by atoms with van der Waals surface area (Å²) < 4.78 is 0. The summed E-state index contributed by atoms with van der Waals surface area (Å²) in [7, 11) is 3.62. The van der Waals surface area contributed by atoms with Crippen LogP contribution in [0, 0.1) is 11.8 Å². The second-order valence-electron chi connectivity index (χ2n) is 7.84. The van der Waals surface area contributed by atoms with Crippen molar-refractivity contribution < 1.29 is 9.59 Å². The van der Waals surface area contributed by atoms with Crippen LogP contribution in [-0.2, 0) is 11.2 Å². The Morgan fingerprint density at radius 2 is 1.88 bits per heavy atom. The van der Waals surface area contributed by atoms with Crippen LogP contribution in [0.25, 0.3) is 0 Å². The van der Waals surface area contributed by atoms with E-state index in [0.29, 0.717) is 17.4 Å². The first-order chi connectivity index (χ1) is 12.4. The molecule has 7 heteroatoms. The zero-order chi connectivity index (χ0) is 18.7. The van der Waals surface area contributed by atoms with Crippen LogP contribution in [0.15, 0.2) is 6.20 Å². The molecule has 142 valence electrons. The van der Waals surface area contributed by atoms with Crippen molar-refractivity contribution in [2.24, 2.45) is 17.6 Å². The number of amides is 2. The SMILES string of the molecule is CN(C)C(=O)C1CCC(Nc2ncc(C(N)=O)c(CC3CCC3)n2)CC1. The highest BCUT2D eigenvalue weighted by Crippen LogP contribution is 2.31. The minimum atomic E-state index is -0.464. The minimum absolute atomic E-state index is 0.121. The Bertz CT molecular complexity index is 664. The molecule has 0 unspecified atom stereocenters. The first-order valence-corrected chi connectivity index (χ1v) is 9.57. The molecule has 2 saturated carbocycles. The molecule has 0 atom stereocenters. The van der Waals surface area contributed by atoms with Gasteiger partial charge in [-0.3, -0.25) is 9.59 Å². The van der Waals surface area contributed by atoms with Gasteiger partial charge in [-0.25, -0.2) is 9.97 Å². The van der Waals surface area contributed by atoms with Gasteiger partial charge in [-0.15, -0.1) is 0 Å². The largest absolute Gasteiger partial charge is 0.365 e. The van der Waals surface area contributed by atoms with Gasteiger partial charge < -0.3 is 16.0 Å². The van der Waals surface area contributed by atoms with Crippen molar-refractivity contribution in [2.45, 2.75) is 57.4 Å². The number of primary amides is 1. The van der Waals surface area contributed by atoms with E-state index in [4.69, 9.17) is 5.73 Å². The molecule has 0 aliphatic heterocycles. The number of nitrogens with zero attached hydrogens (tertiary/aromatic N) is 3. The van der Waals surface area contributed by atoms with E-state index >= 15 is 0 Å². The molecule has 3 rings (SSSR count). The maximum atomic E-state index is 12.1. The smallest absolute Gasteiger partial charge is 0.252 e. The molecule has 0 radical (unpaired) electrons. The van der Waals surface area contributed by atoms with Gasteiger partial charge in [0.25, 0.3) is 5.91 Å². The summed E-state index contributed by atoms with van der Waals surface area (Å²) in [5.41, 5.74) is 6.67. The predicted octanol–water partition coefficient (Wildman–Crippen LogP) is 1.98. The highest BCUT2D eigenvalue weighted by atomic mass is 16.2. The fourth-order valence-corrected chi connectivity index (χ4v) is 3.85. The van der Waals surface area contributed by atoms with Crippen LogP contribution in [0.2, 0.25) is 0 Å². The number of nitrogens with one attached hydrogen (secondary N) is 1. The van der Waals surface area contributed by atoms with Crippen molar-refractivity contribution in [1.29, 1.82) is 0 Å². The fraction of sp³-hybridized carbons (Fsp3) is 0.684. The number of aromatic nitrogens is 2. The van der Waals surface area contributed by atoms with Crippen molar-refractivity contribution in [2.75, 3.05) is 19.4 Å². The van der Waals surface area contributed by atoms with E-state index in [9.17, 15) is 9.59 Å². The van der Waals surface area contributed by atoms with Crippen LogP contribution < -0.4 is 11.1 Å². The lowest BCUT2D eigenvalue weighted by Crippen LogP contribution is -2.35. The average Bonchev–Trinajstić information content (AvgIpc) is 2.58. The first-order valence-electron chi connectivity index (χ1n) is 9.57. The molecule has 2 aliphatic carbocycles. The molecule has 7 nitrogen and oxygen atoms in total. The van der Waals surface area contributed by atoms with E-state index in [2.05, 4.69) is 15.3 Å². The lowest BCUT2D eigenvalue weighted by Gasteiger charge is -2.30. The normalized spacial score (nSPS) is 23.2. The summed E-state index contributed by atoms with van der Waals surface area (Å²) >= 11 is 0. The van der Waals surface area contributed by atoms with E-state index in [1.165, 1.54) is 19.3 Å². The highest BCUT2D eigenvalue weighted by Gasteiger charge is 2.28. The number of hydrogen-bond acceptors (Lipinski definition) is 5. The second-order valence-corrected chi connectivity index (χ2v) is 7.84. The summed E-state index contributed by atoms with van der Waals surface area (Å²) in [4.78, 5) is 34.3. The molecule has 2 aliphatic rings. The van der Waals surface area contributed by atoms with Gasteiger partial charge in [-0.1, -0.05) is 19.3 Å². The van der Waals surface area contributed by atoms with E-state index in [1.54, 1.807) is 11.1 Å². The monoisotopic (exact) mass is 359 g/mol. The number of rotatable bonds is 6. The van der Waals surface area contributed by atoms with Crippen molar-refractivity contribution in [1.82, 2.24) is 14.9 Å². The quantitative estimate of drug-likeness (QED) is 0.809. The topological polar surface area (TPSA) is 101 Å². The Labute approximate surface area is 154 Å². The van der Waals surface area contributed by atoms with Gasteiger partial charge in [-0.2, -0.15) is 0 Å². The Kier molecular flexibility index (Phi) is 5.74. The summed E-state index contributed by atoms with van der Waals surface area (Å²) in [5.74, 6) is 1.03. The standard InChI is InChI=1S/C19H29N5O2/c1-24(2)18(26)13-6-8-14(9-7-13)22-19-21-11-15(17(20)25)16(23-19)10-12-4-3-5-12/h11-14H,3-10H2,1-2H3,(H2,20,25)(H,21,22,23). The maximum Gasteiger partial charge on any atom is 0.252 e. The van der Waals surface area contributed by atoms with Gasteiger partial charge in [0.15, 0.2) is 0 Å². The van der Waals surface area contributed by atoms with Gasteiger partial charge in [0, 0.05) is 32.3 Å². The molecule has 0 spiro atoms. The minimum Gasteiger partial charge on any atom is -0.365 e. The van der Waals surface area contributed by atoms with Crippen molar-refractivity contribution in [3.63, 3.8) is 0 Å². The third-order valence-electron chi connectivity index (χ3n) is 5.69. The average molecular weight is 359 g/mol. The van der Waals surface area contributed by atoms with Crippen LogP contribution >= 0.6 is 0 Å². The third kappa shape index (κ3) is 4.31. The number of carbonyl (C=O) groups excluding carboxylic acids is 2. The molecule has 3 N–H and O–H groups in total.